The zero-order valence-corrected chi connectivity index (χ0v) is 10.6. The molecule has 3 N–H and O–H groups in total. The number of carboxylic acids is 1. The van der Waals surface area contributed by atoms with Crippen LogP contribution in [0, 0.1) is 0 Å². The topological polar surface area (TPSA) is 95.9 Å². The lowest BCUT2D eigenvalue weighted by atomic mass is 10.0. The van der Waals surface area contributed by atoms with Crippen LogP contribution in [-0.4, -0.2) is 41.0 Å². The van der Waals surface area contributed by atoms with E-state index in [9.17, 15) is 14.7 Å². The number of alkyl carbamates (subject to hydrolysis) is 1. The molecule has 0 aliphatic rings. The van der Waals surface area contributed by atoms with Crippen LogP contribution in [0.4, 0.5) is 4.79 Å². The van der Waals surface area contributed by atoms with E-state index in [0.717, 1.165) is 5.56 Å². The Morgan fingerprint density at radius 1 is 1.32 bits per heavy atom. The molecule has 0 saturated heterocycles. The highest BCUT2D eigenvalue weighted by Crippen LogP contribution is 2.07. The van der Waals surface area contributed by atoms with E-state index in [1.54, 1.807) is 31.2 Å². The summed E-state index contributed by atoms with van der Waals surface area (Å²) in [6.07, 6.45) is -2.24. The second kappa shape index (κ2) is 7.38. The van der Waals surface area contributed by atoms with Gasteiger partial charge in [0, 0.05) is 0 Å². The van der Waals surface area contributed by atoms with Crippen LogP contribution in [0.15, 0.2) is 30.3 Å². The maximum absolute atomic E-state index is 11.3. The van der Waals surface area contributed by atoms with E-state index in [2.05, 4.69) is 10.1 Å². The maximum Gasteiger partial charge on any atom is 0.407 e. The van der Waals surface area contributed by atoms with Gasteiger partial charge in [-0.2, -0.15) is 0 Å². The molecule has 1 amide bonds. The molecule has 0 unspecified atom stereocenters. The molecule has 1 rings (SSSR count). The summed E-state index contributed by atoms with van der Waals surface area (Å²) in [6.45, 7) is 1.81. The van der Waals surface area contributed by atoms with Crippen molar-refractivity contribution in [3.05, 3.63) is 35.9 Å². The van der Waals surface area contributed by atoms with E-state index in [0.29, 0.717) is 0 Å². The van der Waals surface area contributed by atoms with Gasteiger partial charge in [0.05, 0.1) is 12.6 Å². The van der Waals surface area contributed by atoms with Gasteiger partial charge in [-0.25, -0.2) is 9.59 Å². The second-order valence-electron chi connectivity index (χ2n) is 3.94. The number of aliphatic carboxylic acids is 1. The van der Waals surface area contributed by atoms with Crippen LogP contribution in [0.3, 0.4) is 0 Å². The highest BCUT2D eigenvalue weighted by Gasteiger charge is 2.27. The van der Waals surface area contributed by atoms with Crippen molar-refractivity contribution in [2.24, 2.45) is 0 Å². The Hall–Kier alpha value is -2.08. The Balaban J connectivity index is 2.74. The molecule has 2 atom stereocenters. The average molecular weight is 267 g/mol. The summed E-state index contributed by atoms with van der Waals surface area (Å²) in [5.41, 5.74) is 0.810. The molecular weight excluding hydrogens is 250 g/mol. The number of aliphatic hydroxyl groups excluding tert-OH is 1. The van der Waals surface area contributed by atoms with Crippen molar-refractivity contribution in [3.8, 4) is 0 Å². The first kappa shape index (κ1) is 15.0. The predicted octanol–water partition coefficient (Wildman–Crippen LogP) is 0.789. The lowest BCUT2D eigenvalue weighted by molar-refractivity contribution is -0.148. The number of aliphatic hydroxyl groups is 1. The van der Waals surface area contributed by atoms with Gasteiger partial charge in [0.1, 0.15) is 0 Å². The number of carboxylic acid groups (broad SMARTS) is 1. The highest BCUT2D eigenvalue weighted by molar-refractivity contribution is 5.75. The zero-order chi connectivity index (χ0) is 14.3. The standard InChI is InChI=1S/C13H17NO5/c1-2-19-13(18)14-10(11(15)12(16)17)8-9-6-4-3-5-7-9/h3-7,10-11,15H,2,8H2,1H3,(H,14,18)(H,16,17)/t10-,11-/m1/s1. The van der Waals surface area contributed by atoms with Crippen LogP contribution in [0.25, 0.3) is 0 Å². The average Bonchev–Trinajstić information content (AvgIpc) is 2.38. The van der Waals surface area contributed by atoms with Gasteiger partial charge in [-0.1, -0.05) is 30.3 Å². The Labute approximate surface area is 111 Å². The van der Waals surface area contributed by atoms with Crippen molar-refractivity contribution in [2.75, 3.05) is 6.61 Å². The highest BCUT2D eigenvalue weighted by atomic mass is 16.5. The molecule has 0 heterocycles. The van der Waals surface area contributed by atoms with E-state index in [-0.39, 0.29) is 13.0 Å². The molecule has 0 aliphatic carbocycles. The molecule has 0 bridgehead atoms. The number of nitrogens with one attached hydrogen (secondary N) is 1. The molecule has 1 aromatic rings. The largest absolute Gasteiger partial charge is 0.479 e. The van der Waals surface area contributed by atoms with E-state index < -0.39 is 24.2 Å². The van der Waals surface area contributed by atoms with Crippen LogP contribution in [0.5, 0.6) is 0 Å². The number of hydrogen-bond donors (Lipinski definition) is 3. The Bertz CT molecular complexity index is 420. The molecule has 6 nitrogen and oxygen atoms in total. The summed E-state index contributed by atoms with van der Waals surface area (Å²) < 4.78 is 4.69. The minimum atomic E-state index is -1.69. The van der Waals surface area contributed by atoms with Crippen LogP contribution in [0.1, 0.15) is 12.5 Å². The number of rotatable bonds is 6. The predicted molar refractivity (Wildman–Crippen MR) is 67.7 cm³/mol. The number of carbonyl (C=O) groups is 2. The molecule has 0 aromatic heterocycles. The van der Waals surface area contributed by atoms with Crippen molar-refractivity contribution < 1.29 is 24.5 Å². The molecule has 1 aromatic carbocycles. The number of ether oxygens (including phenoxy) is 1. The summed E-state index contributed by atoms with van der Waals surface area (Å²) >= 11 is 0. The molecule has 0 fully saturated rings. The van der Waals surface area contributed by atoms with Crippen LogP contribution in [-0.2, 0) is 16.0 Å². The fraction of sp³-hybridized carbons (Fsp3) is 0.385. The fourth-order valence-electron chi connectivity index (χ4n) is 1.61. The van der Waals surface area contributed by atoms with Gasteiger partial charge in [0.2, 0.25) is 0 Å². The number of amides is 1. The number of hydrogen-bond acceptors (Lipinski definition) is 4. The monoisotopic (exact) mass is 267 g/mol. The lowest BCUT2D eigenvalue weighted by Gasteiger charge is -2.21. The Kier molecular flexibility index (Phi) is 5.81. The SMILES string of the molecule is CCOC(=O)N[C@H](Cc1ccccc1)[C@@H](O)C(=O)O. The van der Waals surface area contributed by atoms with Crippen molar-refractivity contribution in [3.63, 3.8) is 0 Å². The molecular formula is C13H17NO5. The van der Waals surface area contributed by atoms with E-state index >= 15 is 0 Å². The van der Waals surface area contributed by atoms with Crippen LogP contribution >= 0.6 is 0 Å². The molecule has 6 heteroatoms. The summed E-state index contributed by atoms with van der Waals surface area (Å²) in [4.78, 5) is 22.2. The third-order valence-electron chi connectivity index (χ3n) is 2.51. The summed E-state index contributed by atoms with van der Waals surface area (Å²) in [6, 6.07) is 8.04. The van der Waals surface area contributed by atoms with Crippen molar-refractivity contribution in [1.29, 1.82) is 0 Å². The normalized spacial score (nSPS) is 13.4. The van der Waals surface area contributed by atoms with Crippen molar-refractivity contribution >= 4 is 12.1 Å². The van der Waals surface area contributed by atoms with Gasteiger partial charge in [-0.05, 0) is 18.9 Å². The molecule has 104 valence electrons. The van der Waals surface area contributed by atoms with Crippen molar-refractivity contribution in [1.82, 2.24) is 5.32 Å². The van der Waals surface area contributed by atoms with Crippen molar-refractivity contribution in [2.45, 2.75) is 25.5 Å². The molecule has 0 spiro atoms. The minimum Gasteiger partial charge on any atom is -0.479 e. The number of carbonyl (C=O) groups excluding carboxylic acids is 1. The first-order valence-corrected chi connectivity index (χ1v) is 5.92. The Morgan fingerprint density at radius 2 is 1.95 bits per heavy atom. The van der Waals surface area contributed by atoms with Crippen LogP contribution in [0.2, 0.25) is 0 Å². The molecule has 0 aliphatic heterocycles. The lowest BCUT2D eigenvalue weighted by Crippen LogP contribution is -2.48. The Morgan fingerprint density at radius 3 is 2.47 bits per heavy atom. The first-order chi connectivity index (χ1) is 9.04. The van der Waals surface area contributed by atoms with Gasteiger partial charge in [0.25, 0.3) is 0 Å². The van der Waals surface area contributed by atoms with Gasteiger partial charge in [0.15, 0.2) is 6.10 Å². The summed E-state index contributed by atoms with van der Waals surface area (Å²) in [7, 11) is 0. The summed E-state index contributed by atoms with van der Waals surface area (Å²) in [5.74, 6) is -1.39. The van der Waals surface area contributed by atoms with Gasteiger partial charge in [-0.15, -0.1) is 0 Å². The third-order valence-corrected chi connectivity index (χ3v) is 2.51. The molecule has 0 radical (unpaired) electrons. The molecule has 0 saturated carbocycles. The minimum absolute atomic E-state index is 0.174. The maximum atomic E-state index is 11.3. The second-order valence-corrected chi connectivity index (χ2v) is 3.94. The number of benzene rings is 1. The van der Waals surface area contributed by atoms with Gasteiger partial charge in [-0.3, -0.25) is 0 Å². The van der Waals surface area contributed by atoms with Gasteiger partial charge >= 0.3 is 12.1 Å². The summed E-state index contributed by atoms with van der Waals surface area (Å²) in [5, 5.41) is 20.8. The first-order valence-electron chi connectivity index (χ1n) is 5.92. The quantitative estimate of drug-likeness (QED) is 0.708. The third kappa shape index (κ3) is 4.97. The van der Waals surface area contributed by atoms with Crippen LogP contribution < -0.4 is 5.32 Å². The fourth-order valence-corrected chi connectivity index (χ4v) is 1.61. The molecule has 19 heavy (non-hydrogen) atoms. The van der Waals surface area contributed by atoms with E-state index in [1.165, 1.54) is 0 Å². The van der Waals surface area contributed by atoms with Gasteiger partial charge < -0.3 is 20.3 Å². The van der Waals surface area contributed by atoms with E-state index in [4.69, 9.17) is 5.11 Å². The smallest absolute Gasteiger partial charge is 0.407 e. The zero-order valence-electron chi connectivity index (χ0n) is 10.6. The van der Waals surface area contributed by atoms with E-state index in [1.807, 2.05) is 6.07 Å².